The molecule has 1 aliphatic carbocycles. The average molecular weight is 473 g/mol. The van der Waals surface area contributed by atoms with Gasteiger partial charge in [0.15, 0.2) is 0 Å². The molecule has 2 amide bonds. The first-order valence-corrected chi connectivity index (χ1v) is 11.4. The van der Waals surface area contributed by atoms with Gasteiger partial charge >= 0.3 is 0 Å². The summed E-state index contributed by atoms with van der Waals surface area (Å²) in [5.41, 5.74) is 1.64. The highest BCUT2D eigenvalue weighted by Crippen LogP contribution is 2.24. The van der Waals surface area contributed by atoms with Crippen molar-refractivity contribution in [2.24, 2.45) is 5.92 Å². The topological polar surface area (TPSA) is 107 Å². The van der Waals surface area contributed by atoms with E-state index in [9.17, 15) is 19.1 Å². The van der Waals surface area contributed by atoms with Crippen molar-refractivity contribution in [3.8, 4) is 0 Å². The first-order valence-electron chi connectivity index (χ1n) is 11.0. The van der Waals surface area contributed by atoms with Crippen LogP contribution in [0.5, 0.6) is 0 Å². The van der Waals surface area contributed by atoms with Crippen molar-refractivity contribution in [3.63, 3.8) is 0 Å². The van der Waals surface area contributed by atoms with E-state index < -0.39 is 11.9 Å². The van der Waals surface area contributed by atoms with Gasteiger partial charge in [-0.2, -0.15) is 0 Å². The van der Waals surface area contributed by atoms with Gasteiger partial charge in [-0.3, -0.25) is 9.59 Å². The minimum absolute atomic E-state index is 0.00386. The van der Waals surface area contributed by atoms with Gasteiger partial charge in [0.2, 0.25) is 5.91 Å². The molecular weight excluding hydrogens is 447 g/mol. The number of carbonyl (C=O) groups is 2. The highest BCUT2D eigenvalue weighted by atomic mass is 35.5. The number of hydrogen-bond donors (Lipinski definition) is 4. The minimum atomic E-state index is -0.877. The van der Waals surface area contributed by atoms with Crippen molar-refractivity contribution in [1.82, 2.24) is 20.6 Å². The lowest BCUT2D eigenvalue weighted by molar-refractivity contribution is -0.124. The summed E-state index contributed by atoms with van der Waals surface area (Å²) in [5, 5.41) is 16.5. The molecule has 9 heteroatoms. The number of pyridine rings is 1. The molecule has 7 nitrogen and oxygen atoms in total. The maximum Gasteiger partial charge on any atom is 0.268 e. The van der Waals surface area contributed by atoms with E-state index in [0.717, 1.165) is 31.1 Å². The van der Waals surface area contributed by atoms with Crippen LogP contribution in [-0.4, -0.2) is 45.6 Å². The quantitative estimate of drug-likeness (QED) is 0.395. The molecule has 0 bridgehead atoms. The van der Waals surface area contributed by atoms with Gasteiger partial charge in [0, 0.05) is 30.4 Å². The molecule has 1 saturated carbocycles. The average Bonchev–Trinajstić information content (AvgIpc) is 3.23. The lowest BCUT2D eigenvalue weighted by atomic mass is 9.85. The Hall–Kier alpha value is -2.97. The Morgan fingerprint density at radius 3 is 2.73 bits per heavy atom. The molecule has 0 aliphatic heterocycles. The molecule has 0 saturated heterocycles. The van der Waals surface area contributed by atoms with Crippen LogP contribution >= 0.6 is 11.6 Å². The monoisotopic (exact) mass is 472 g/mol. The van der Waals surface area contributed by atoms with Crippen LogP contribution in [0.2, 0.25) is 5.15 Å². The van der Waals surface area contributed by atoms with E-state index in [1.54, 1.807) is 24.3 Å². The Kier molecular flexibility index (Phi) is 7.25. The van der Waals surface area contributed by atoms with Crippen molar-refractivity contribution < 1.29 is 19.1 Å². The van der Waals surface area contributed by atoms with Crippen LogP contribution in [0.3, 0.4) is 0 Å². The zero-order chi connectivity index (χ0) is 23.4. The number of nitrogens with one attached hydrogen (secondary N) is 3. The number of carbonyl (C=O) groups excluding carboxylic acids is 2. The first kappa shape index (κ1) is 23.2. The number of halogens is 2. The van der Waals surface area contributed by atoms with E-state index >= 15 is 0 Å². The van der Waals surface area contributed by atoms with Crippen LogP contribution in [0, 0.1) is 11.7 Å². The third-order valence-electron chi connectivity index (χ3n) is 6.16. The van der Waals surface area contributed by atoms with Crippen molar-refractivity contribution in [2.45, 2.75) is 44.2 Å². The summed E-state index contributed by atoms with van der Waals surface area (Å²) < 4.78 is 13.3. The molecule has 1 fully saturated rings. The number of nitrogens with zero attached hydrogens (tertiary/aromatic N) is 1. The number of aromatic amines is 1. The zero-order valence-corrected chi connectivity index (χ0v) is 18.7. The van der Waals surface area contributed by atoms with Gasteiger partial charge in [-0.1, -0.05) is 36.6 Å². The number of rotatable bonds is 7. The fourth-order valence-corrected chi connectivity index (χ4v) is 4.49. The molecule has 2 aromatic heterocycles. The fourth-order valence-electron chi connectivity index (χ4n) is 4.33. The largest absolute Gasteiger partial charge is 0.396 e. The standard InChI is InChI=1S/C24H26ClFN4O3/c25-22-11-16-10-20(28-21(16)12-27-22)24(33)30-19(9-14-5-7-17(26)8-6-14)23(32)29-18-4-2-1-3-15(18)13-31/h5-8,10-12,15,18-19,28,31H,1-4,9,13H2,(H,29,32)(H,30,33)/t15-,18?,19-/m0/s1. The van der Waals surface area contributed by atoms with Crippen molar-refractivity contribution >= 4 is 34.3 Å². The van der Waals surface area contributed by atoms with Crippen molar-refractivity contribution in [1.29, 1.82) is 0 Å². The number of aliphatic hydroxyl groups excluding tert-OH is 1. The van der Waals surface area contributed by atoms with Crippen LogP contribution in [0.25, 0.3) is 10.9 Å². The van der Waals surface area contributed by atoms with E-state index in [2.05, 4.69) is 20.6 Å². The third kappa shape index (κ3) is 5.69. The smallest absolute Gasteiger partial charge is 0.268 e. The van der Waals surface area contributed by atoms with Crippen LogP contribution < -0.4 is 10.6 Å². The molecular formula is C24H26ClFN4O3. The molecule has 1 unspecified atom stereocenters. The lowest BCUT2D eigenvalue weighted by Gasteiger charge is -2.32. The van der Waals surface area contributed by atoms with Gasteiger partial charge in [-0.25, -0.2) is 9.37 Å². The van der Waals surface area contributed by atoms with Crippen molar-refractivity contribution in [3.05, 3.63) is 64.8 Å². The van der Waals surface area contributed by atoms with Crippen LogP contribution in [0.1, 0.15) is 41.7 Å². The second kappa shape index (κ2) is 10.3. The number of aliphatic hydroxyl groups is 1. The maximum absolute atomic E-state index is 13.3. The fraction of sp³-hybridized carbons (Fsp3) is 0.375. The number of H-pyrrole nitrogens is 1. The SMILES string of the molecule is O=C(N[C@@H](Cc1ccc(F)cc1)C(=O)NC1CCCC[C@H]1CO)c1cc2cc(Cl)ncc2[nH]1. The van der Waals surface area contributed by atoms with E-state index in [-0.39, 0.29) is 42.4 Å². The summed E-state index contributed by atoms with van der Waals surface area (Å²) in [6.45, 7) is 0.00555. The van der Waals surface area contributed by atoms with Gasteiger partial charge in [-0.05, 0) is 42.7 Å². The Balaban J connectivity index is 1.53. The molecule has 3 aromatic rings. The highest BCUT2D eigenvalue weighted by Gasteiger charge is 2.30. The summed E-state index contributed by atoms with van der Waals surface area (Å²) in [4.78, 5) is 33.2. The molecule has 0 radical (unpaired) electrons. The molecule has 174 valence electrons. The summed E-state index contributed by atoms with van der Waals surface area (Å²) in [6, 6.07) is 8.10. The summed E-state index contributed by atoms with van der Waals surface area (Å²) in [7, 11) is 0. The number of benzene rings is 1. The summed E-state index contributed by atoms with van der Waals surface area (Å²) in [6.07, 6.45) is 5.36. The summed E-state index contributed by atoms with van der Waals surface area (Å²) in [5.74, 6) is -1.16. The number of fused-ring (bicyclic) bond motifs is 1. The maximum atomic E-state index is 13.3. The van der Waals surface area contributed by atoms with Crippen LogP contribution in [0.15, 0.2) is 42.6 Å². The molecule has 0 spiro atoms. The number of aromatic nitrogens is 2. The van der Waals surface area contributed by atoms with Gasteiger partial charge in [0.1, 0.15) is 22.7 Å². The Morgan fingerprint density at radius 1 is 1.21 bits per heavy atom. The second-order valence-electron chi connectivity index (χ2n) is 8.48. The van der Waals surface area contributed by atoms with E-state index in [0.29, 0.717) is 16.2 Å². The zero-order valence-electron chi connectivity index (χ0n) is 18.0. The van der Waals surface area contributed by atoms with Crippen LogP contribution in [0.4, 0.5) is 4.39 Å². The minimum Gasteiger partial charge on any atom is -0.396 e. The van der Waals surface area contributed by atoms with E-state index in [1.165, 1.54) is 18.3 Å². The Bertz CT molecular complexity index is 1130. The van der Waals surface area contributed by atoms with E-state index in [1.807, 2.05) is 0 Å². The van der Waals surface area contributed by atoms with Gasteiger partial charge in [0.25, 0.3) is 5.91 Å². The van der Waals surface area contributed by atoms with Gasteiger partial charge in [0.05, 0.1) is 11.7 Å². The normalized spacial score (nSPS) is 19.2. The first-order chi connectivity index (χ1) is 15.9. The molecule has 1 aliphatic rings. The molecule has 2 heterocycles. The number of hydrogen-bond acceptors (Lipinski definition) is 4. The van der Waals surface area contributed by atoms with Crippen molar-refractivity contribution in [2.75, 3.05) is 6.61 Å². The molecule has 4 rings (SSSR count). The van der Waals surface area contributed by atoms with Gasteiger partial charge < -0.3 is 20.7 Å². The number of amides is 2. The third-order valence-corrected chi connectivity index (χ3v) is 6.37. The molecule has 33 heavy (non-hydrogen) atoms. The predicted molar refractivity (Wildman–Crippen MR) is 123 cm³/mol. The van der Waals surface area contributed by atoms with E-state index in [4.69, 9.17) is 11.6 Å². The molecule has 4 N–H and O–H groups in total. The molecule has 3 atom stereocenters. The second-order valence-corrected chi connectivity index (χ2v) is 8.86. The lowest BCUT2D eigenvalue weighted by Crippen LogP contribution is -2.53. The van der Waals surface area contributed by atoms with Gasteiger partial charge in [-0.15, -0.1) is 0 Å². The summed E-state index contributed by atoms with van der Waals surface area (Å²) >= 11 is 5.93. The Labute approximate surface area is 195 Å². The highest BCUT2D eigenvalue weighted by molar-refractivity contribution is 6.30. The predicted octanol–water partition coefficient (Wildman–Crippen LogP) is 3.36. The molecule has 1 aromatic carbocycles. The Morgan fingerprint density at radius 2 is 1.97 bits per heavy atom. The van der Waals surface area contributed by atoms with Crippen LogP contribution in [-0.2, 0) is 11.2 Å².